The maximum Gasteiger partial charge on any atom is 0.264 e. The molecule has 1 aromatic rings. The van der Waals surface area contributed by atoms with E-state index in [1.165, 1.54) is 11.3 Å². The Labute approximate surface area is 123 Å². The highest BCUT2D eigenvalue weighted by molar-refractivity contribution is 7.14. The van der Waals surface area contributed by atoms with Crippen LogP contribution >= 0.6 is 11.3 Å². The third kappa shape index (κ3) is 3.04. The molecule has 1 amide bonds. The first kappa shape index (κ1) is 15.0. The van der Waals surface area contributed by atoms with E-state index in [-0.39, 0.29) is 18.1 Å². The van der Waals surface area contributed by atoms with E-state index in [0.717, 1.165) is 10.4 Å². The van der Waals surface area contributed by atoms with Gasteiger partial charge in [0.1, 0.15) is 6.61 Å². The van der Waals surface area contributed by atoms with Crippen molar-refractivity contribution in [1.29, 1.82) is 0 Å². The highest BCUT2D eigenvalue weighted by Gasteiger charge is 2.35. The van der Waals surface area contributed by atoms with Gasteiger partial charge in [0, 0.05) is 6.54 Å². The van der Waals surface area contributed by atoms with Crippen molar-refractivity contribution in [3.8, 4) is 11.8 Å². The molecule has 1 aliphatic rings. The van der Waals surface area contributed by atoms with Crippen LogP contribution in [-0.4, -0.2) is 47.8 Å². The Kier molecular flexibility index (Phi) is 4.48. The van der Waals surface area contributed by atoms with Gasteiger partial charge in [-0.1, -0.05) is 11.8 Å². The SMILES string of the molecule is Cc1cc(C(=O)N2CCOCC2(C)C)sc1C#CCO. The third-order valence-corrected chi connectivity index (χ3v) is 4.44. The number of carbonyl (C=O) groups is 1. The second-order valence-corrected chi connectivity index (χ2v) is 6.46. The van der Waals surface area contributed by atoms with E-state index in [1.54, 1.807) is 0 Å². The van der Waals surface area contributed by atoms with Crippen LogP contribution in [0.4, 0.5) is 0 Å². The Morgan fingerprint density at radius 1 is 1.60 bits per heavy atom. The molecule has 1 fully saturated rings. The molecule has 1 saturated heterocycles. The first-order chi connectivity index (χ1) is 9.45. The second kappa shape index (κ2) is 5.96. The number of thiophene rings is 1. The van der Waals surface area contributed by atoms with E-state index >= 15 is 0 Å². The van der Waals surface area contributed by atoms with Crippen LogP contribution in [-0.2, 0) is 4.74 Å². The Morgan fingerprint density at radius 2 is 2.35 bits per heavy atom. The van der Waals surface area contributed by atoms with E-state index < -0.39 is 0 Å². The highest BCUT2D eigenvalue weighted by atomic mass is 32.1. The van der Waals surface area contributed by atoms with Gasteiger partial charge in [0.15, 0.2) is 0 Å². The quantitative estimate of drug-likeness (QED) is 0.801. The fourth-order valence-corrected chi connectivity index (χ4v) is 3.20. The summed E-state index contributed by atoms with van der Waals surface area (Å²) in [6, 6.07) is 1.87. The van der Waals surface area contributed by atoms with Crippen LogP contribution in [0.15, 0.2) is 6.07 Å². The van der Waals surface area contributed by atoms with Gasteiger partial charge >= 0.3 is 0 Å². The van der Waals surface area contributed by atoms with Crippen LogP contribution in [0, 0.1) is 18.8 Å². The van der Waals surface area contributed by atoms with Gasteiger partial charge in [0.2, 0.25) is 0 Å². The smallest absolute Gasteiger partial charge is 0.264 e. The Bertz CT molecular complexity index is 565. The summed E-state index contributed by atoms with van der Waals surface area (Å²) in [5, 5.41) is 8.75. The number of rotatable bonds is 1. The number of hydrogen-bond donors (Lipinski definition) is 1. The largest absolute Gasteiger partial charge is 0.384 e. The van der Waals surface area contributed by atoms with Gasteiger partial charge in [0.05, 0.1) is 28.5 Å². The Hall–Kier alpha value is -1.35. The van der Waals surface area contributed by atoms with Gasteiger partial charge < -0.3 is 14.7 Å². The van der Waals surface area contributed by atoms with E-state index in [9.17, 15) is 4.79 Å². The maximum absolute atomic E-state index is 12.6. The summed E-state index contributed by atoms with van der Waals surface area (Å²) in [5.74, 6) is 5.54. The molecular weight excluding hydrogens is 274 g/mol. The van der Waals surface area contributed by atoms with Crippen LogP contribution in [0.2, 0.25) is 0 Å². The monoisotopic (exact) mass is 293 g/mol. The van der Waals surface area contributed by atoms with Crippen LogP contribution in [0.25, 0.3) is 0 Å². The lowest BCUT2D eigenvalue weighted by molar-refractivity contribution is -0.0368. The highest BCUT2D eigenvalue weighted by Crippen LogP contribution is 2.27. The molecule has 0 aromatic carbocycles. The topological polar surface area (TPSA) is 49.8 Å². The van der Waals surface area contributed by atoms with Gasteiger partial charge in [-0.2, -0.15) is 0 Å². The summed E-state index contributed by atoms with van der Waals surface area (Å²) >= 11 is 1.39. The third-order valence-electron chi connectivity index (χ3n) is 3.30. The molecule has 2 rings (SSSR count). The molecule has 1 N–H and O–H groups in total. The lowest BCUT2D eigenvalue weighted by atomic mass is 10.0. The van der Waals surface area contributed by atoms with Crippen LogP contribution in [0.5, 0.6) is 0 Å². The second-order valence-electron chi connectivity index (χ2n) is 5.40. The van der Waals surface area contributed by atoms with Crippen molar-refractivity contribution < 1.29 is 14.6 Å². The minimum atomic E-state index is -0.288. The van der Waals surface area contributed by atoms with Gasteiger partial charge in [-0.15, -0.1) is 11.3 Å². The zero-order valence-corrected chi connectivity index (χ0v) is 12.8. The van der Waals surface area contributed by atoms with E-state index in [2.05, 4.69) is 11.8 Å². The van der Waals surface area contributed by atoms with Crippen LogP contribution in [0.1, 0.15) is 34.0 Å². The van der Waals surface area contributed by atoms with E-state index in [0.29, 0.717) is 24.6 Å². The predicted octanol–water partition coefficient (Wildman–Crippen LogP) is 1.65. The van der Waals surface area contributed by atoms with Gasteiger partial charge in [-0.05, 0) is 32.4 Å². The number of aliphatic hydroxyl groups excluding tert-OH is 1. The van der Waals surface area contributed by atoms with Crippen molar-refractivity contribution in [3.63, 3.8) is 0 Å². The summed E-state index contributed by atoms with van der Waals surface area (Å²) in [7, 11) is 0. The number of ether oxygens (including phenoxy) is 1. The Morgan fingerprint density at radius 3 is 3.00 bits per heavy atom. The van der Waals surface area contributed by atoms with E-state index in [4.69, 9.17) is 9.84 Å². The standard InChI is InChI=1S/C15H19NO3S/c1-11-9-13(20-12(11)5-4-7-17)14(18)16-6-8-19-10-15(16,2)3/h9,17H,6-8,10H2,1-3H3. The Balaban J connectivity index is 2.25. The number of carbonyl (C=O) groups excluding carboxylic acids is 1. The number of nitrogens with zero attached hydrogens (tertiary/aromatic N) is 1. The predicted molar refractivity (Wildman–Crippen MR) is 79.0 cm³/mol. The summed E-state index contributed by atoms with van der Waals surface area (Å²) < 4.78 is 5.44. The maximum atomic E-state index is 12.6. The van der Waals surface area contributed by atoms with Crippen molar-refractivity contribution in [2.45, 2.75) is 26.3 Å². The molecule has 5 heteroatoms. The van der Waals surface area contributed by atoms with Crippen LogP contribution in [0.3, 0.4) is 0 Å². The molecule has 108 valence electrons. The zero-order valence-electron chi connectivity index (χ0n) is 12.0. The summed E-state index contributed by atoms with van der Waals surface area (Å²) in [4.78, 5) is 16.0. The average Bonchev–Trinajstić information content (AvgIpc) is 2.76. The lowest BCUT2D eigenvalue weighted by Crippen LogP contribution is -2.55. The van der Waals surface area contributed by atoms with Crippen LogP contribution < -0.4 is 0 Å². The number of aryl methyl sites for hydroxylation is 1. The summed E-state index contributed by atoms with van der Waals surface area (Å²) in [6.45, 7) is 7.53. The molecule has 2 heterocycles. The molecule has 0 saturated carbocycles. The summed E-state index contributed by atoms with van der Waals surface area (Å²) in [5.41, 5.74) is 0.690. The molecule has 0 unspecified atom stereocenters. The minimum Gasteiger partial charge on any atom is -0.384 e. The van der Waals surface area contributed by atoms with Gasteiger partial charge in [-0.3, -0.25) is 4.79 Å². The summed E-state index contributed by atoms with van der Waals surface area (Å²) in [6.07, 6.45) is 0. The fraction of sp³-hybridized carbons (Fsp3) is 0.533. The first-order valence-electron chi connectivity index (χ1n) is 6.55. The fourth-order valence-electron chi connectivity index (χ4n) is 2.20. The number of aliphatic hydroxyl groups is 1. The van der Waals surface area contributed by atoms with Gasteiger partial charge in [-0.25, -0.2) is 0 Å². The van der Waals surface area contributed by atoms with E-state index in [1.807, 2.05) is 31.7 Å². The van der Waals surface area contributed by atoms with Crippen molar-refractivity contribution in [2.75, 3.05) is 26.4 Å². The van der Waals surface area contributed by atoms with Gasteiger partial charge in [0.25, 0.3) is 5.91 Å². The molecule has 0 spiro atoms. The molecule has 20 heavy (non-hydrogen) atoms. The van der Waals surface area contributed by atoms with Crippen molar-refractivity contribution in [3.05, 3.63) is 21.4 Å². The molecule has 0 aliphatic carbocycles. The minimum absolute atomic E-state index is 0.0310. The molecule has 0 bridgehead atoms. The zero-order chi connectivity index (χ0) is 14.8. The number of hydrogen-bond acceptors (Lipinski definition) is 4. The molecular formula is C15H19NO3S. The van der Waals surface area contributed by atoms with Crippen molar-refractivity contribution in [1.82, 2.24) is 4.90 Å². The first-order valence-corrected chi connectivity index (χ1v) is 7.37. The van der Waals surface area contributed by atoms with Crippen molar-refractivity contribution >= 4 is 17.2 Å². The molecule has 1 aromatic heterocycles. The molecule has 4 nitrogen and oxygen atoms in total. The average molecular weight is 293 g/mol. The molecule has 0 atom stereocenters. The number of morpholine rings is 1. The normalized spacial score (nSPS) is 17.5. The van der Waals surface area contributed by atoms with Crippen molar-refractivity contribution in [2.24, 2.45) is 0 Å². The lowest BCUT2D eigenvalue weighted by Gasteiger charge is -2.41. The molecule has 0 radical (unpaired) electrons. The molecule has 1 aliphatic heterocycles. The number of amides is 1.